The van der Waals surface area contributed by atoms with E-state index in [2.05, 4.69) is 10.1 Å². The monoisotopic (exact) mass is 239 g/mol. The topological polar surface area (TPSA) is 74.2 Å². The van der Waals surface area contributed by atoms with E-state index in [4.69, 9.17) is 15.0 Å². The maximum absolute atomic E-state index is 5.62. The van der Waals surface area contributed by atoms with Crippen molar-refractivity contribution in [3.63, 3.8) is 0 Å². The average molecular weight is 239 g/mol. The lowest BCUT2D eigenvalue weighted by Crippen LogP contribution is -2.26. The maximum atomic E-state index is 5.62. The fraction of sp³-hybridized carbons (Fsp3) is 0.833. The van der Waals surface area contributed by atoms with Crippen LogP contribution in [0.15, 0.2) is 4.52 Å². The van der Waals surface area contributed by atoms with E-state index in [9.17, 15) is 0 Å². The molecule has 0 saturated heterocycles. The number of hydrogen-bond donors (Lipinski definition) is 1. The molecule has 0 aliphatic heterocycles. The van der Waals surface area contributed by atoms with E-state index in [-0.39, 0.29) is 6.10 Å². The summed E-state index contributed by atoms with van der Waals surface area (Å²) in [6.07, 6.45) is 5.52. The lowest BCUT2D eigenvalue weighted by Gasteiger charge is -2.11. The van der Waals surface area contributed by atoms with Crippen LogP contribution in [-0.4, -0.2) is 29.4 Å². The summed E-state index contributed by atoms with van der Waals surface area (Å²) >= 11 is 0. The first-order valence-electron chi connectivity index (χ1n) is 6.47. The summed E-state index contributed by atoms with van der Waals surface area (Å²) in [5.41, 5.74) is 5.62. The second kappa shape index (κ2) is 6.12. The van der Waals surface area contributed by atoms with Crippen molar-refractivity contribution in [3.05, 3.63) is 11.7 Å². The molecule has 2 N–H and O–H groups in total. The lowest BCUT2D eigenvalue weighted by molar-refractivity contribution is 0.0636. The summed E-state index contributed by atoms with van der Waals surface area (Å²) in [4.78, 5) is 4.45. The Morgan fingerprint density at radius 3 is 2.88 bits per heavy atom. The fourth-order valence-electron chi connectivity index (χ4n) is 2.34. The average Bonchev–Trinajstić information content (AvgIpc) is 2.98. The molecule has 1 unspecified atom stereocenters. The largest absolute Gasteiger partial charge is 0.377 e. The Morgan fingerprint density at radius 1 is 1.47 bits per heavy atom. The van der Waals surface area contributed by atoms with E-state index in [0.717, 1.165) is 5.82 Å². The Kier molecular flexibility index (Phi) is 4.50. The van der Waals surface area contributed by atoms with Gasteiger partial charge in [0.05, 0.1) is 12.5 Å². The molecule has 96 valence electrons. The molecule has 1 aliphatic carbocycles. The lowest BCUT2D eigenvalue weighted by atomic mass is 10.1. The summed E-state index contributed by atoms with van der Waals surface area (Å²) in [6.45, 7) is 3.10. The molecular formula is C12H21N3O2. The Hall–Kier alpha value is -0.940. The number of hydrogen-bond acceptors (Lipinski definition) is 5. The van der Waals surface area contributed by atoms with Gasteiger partial charge in [-0.1, -0.05) is 18.0 Å². The van der Waals surface area contributed by atoms with Crippen LogP contribution in [0, 0.1) is 0 Å². The fourth-order valence-corrected chi connectivity index (χ4v) is 2.34. The van der Waals surface area contributed by atoms with Crippen molar-refractivity contribution in [1.29, 1.82) is 0 Å². The minimum absolute atomic E-state index is 0.0168. The van der Waals surface area contributed by atoms with Crippen LogP contribution in [0.5, 0.6) is 0 Å². The van der Waals surface area contributed by atoms with Crippen molar-refractivity contribution in [3.8, 4) is 0 Å². The van der Waals surface area contributed by atoms with E-state index in [1.165, 1.54) is 25.7 Å². The van der Waals surface area contributed by atoms with Gasteiger partial charge in [-0.25, -0.2) is 0 Å². The van der Waals surface area contributed by atoms with Crippen molar-refractivity contribution in [2.45, 2.75) is 51.0 Å². The molecule has 0 aromatic carbocycles. The van der Waals surface area contributed by atoms with Crippen LogP contribution >= 0.6 is 0 Å². The number of rotatable bonds is 6. The van der Waals surface area contributed by atoms with Gasteiger partial charge >= 0.3 is 0 Å². The van der Waals surface area contributed by atoms with E-state index in [1.807, 2.05) is 6.92 Å². The van der Waals surface area contributed by atoms with Crippen molar-refractivity contribution in [2.24, 2.45) is 5.73 Å². The van der Waals surface area contributed by atoms with Gasteiger partial charge in [-0.2, -0.15) is 4.98 Å². The van der Waals surface area contributed by atoms with Crippen molar-refractivity contribution in [2.75, 3.05) is 13.2 Å². The zero-order valence-corrected chi connectivity index (χ0v) is 10.4. The molecule has 0 spiro atoms. The van der Waals surface area contributed by atoms with Gasteiger partial charge in [0.1, 0.15) is 0 Å². The molecule has 0 radical (unpaired) electrons. The van der Waals surface area contributed by atoms with Gasteiger partial charge in [0.2, 0.25) is 5.89 Å². The SMILES string of the molecule is CCOC(CN)Cc1nc(C2CCCC2)no1. The van der Waals surface area contributed by atoms with E-state index >= 15 is 0 Å². The highest BCUT2D eigenvalue weighted by atomic mass is 16.5. The second-order valence-electron chi connectivity index (χ2n) is 4.54. The van der Waals surface area contributed by atoms with E-state index in [1.54, 1.807) is 0 Å². The molecule has 1 saturated carbocycles. The quantitative estimate of drug-likeness (QED) is 0.816. The van der Waals surface area contributed by atoms with Crippen LogP contribution in [0.1, 0.15) is 50.2 Å². The number of aromatic nitrogens is 2. The van der Waals surface area contributed by atoms with Crippen molar-refractivity contribution in [1.82, 2.24) is 10.1 Å². The third-order valence-corrected chi connectivity index (χ3v) is 3.27. The highest BCUT2D eigenvalue weighted by molar-refractivity contribution is 4.98. The molecule has 1 heterocycles. The molecule has 5 heteroatoms. The van der Waals surface area contributed by atoms with Crippen LogP contribution in [0.2, 0.25) is 0 Å². The molecule has 1 fully saturated rings. The molecule has 1 aromatic heterocycles. The number of ether oxygens (including phenoxy) is 1. The third kappa shape index (κ3) is 3.26. The van der Waals surface area contributed by atoms with Crippen LogP contribution in [0.4, 0.5) is 0 Å². The van der Waals surface area contributed by atoms with Crippen molar-refractivity contribution < 1.29 is 9.26 Å². The minimum atomic E-state index is -0.0168. The highest BCUT2D eigenvalue weighted by Gasteiger charge is 2.23. The Morgan fingerprint density at radius 2 is 2.24 bits per heavy atom. The minimum Gasteiger partial charge on any atom is -0.377 e. The number of nitrogens with two attached hydrogens (primary N) is 1. The third-order valence-electron chi connectivity index (χ3n) is 3.27. The molecule has 2 rings (SSSR count). The van der Waals surface area contributed by atoms with Crippen LogP contribution in [0.25, 0.3) is 0 Å². The highest BCUT2D eigenvalue weighted by Crippen LogP contribution is 2.32. The first-order chi connectivity index (χ1) is 8.33. The molecule has 0 amide bonds. The van der Waals surface area contributed by atoms with Gasteiger partial charge in [-0.05, 0) is 19.8 Å². The van der Waals surface area contributed by atoms with Crippen molar-refractivity contribution >= 4 is 0 Å². The summed E-state index contributed by atoms with van der Waals surface area (Å²) in [5, 5.41) is 4.06. The second-order valence-corrected chi connectivity index (χ2v) is 4.54. The Balaban J connectivity index is 1.92. The molecule has 17 heavy (non-hydrogen) atoms. The van der Waals surface area contributed by atoms with Gasteiger partial charge in [0.25, 0.3) is 0 Å². The first-order valence-corrected chi connectivity index (χ1v) is 6.47. The molecular weight excluding hydrogens is 218 g/mol. The summed E-state index contributed by atoms with van der Waals surface area (Å²) in [6, 6.07) is 0. The van der Waals surface area contributed by atoms with Gasteiger partial charge in [0, 0.05) is 19.1 Å². The van der Waals surface area contributed by atoms with Gasteiger partial charge < -0.3 is 15.0 Å². The normalized spacial score (nSPS) is 18.7. The first kappa shape index (κ1) is 12.5. The standard InChI is InChI=1S/C12H21N3O2/c1-2-16-10(8-13)7-11-14-12(15-17-11)9-5-3-4-6-9/h9-10H,2-8,13H2,1H3. The molecule has 1 aliphatic rings. The smallest absolute Gasteiger partial charge is 0.229 e. The molecule has 5 nitrogen and oxygen atoms in total. The molecule has 0 bridgehead atoms. The summed E-state index contributed by atoms with van der Waals surface area (Å²) in [7, 11) is 0. The predicted octanol–water partition coefficient (Wildman–Crippen LogP) is 1.63. The van der Waals surface area contributed by atoms with Crippen LogP contribution < -0.4 is 5.73 Å². The van der Waals surface area contributed by atoms with Gasteiger partial charge in [-0.3, -0.25) is 0 Å². The molecule has 1 atom stereocenters. The Bertz CT molecular complexity index is 334. The number of nitrogens with zero attached hydrogens (tertiary/aromatic N) is 2. The zero-order valence-electron chi connectivity index (χ0n) is 10.4. The predicted molar refractivity (Wildman–Crippen MR) is 63.7 cm³/mol. The van der Waals surface area contributed by atoms with E-state index < -0.39 is 0 Å². The zero-order chi connectivity index (χ0) is 12.1. The summed E-state index contributed by atoms with van der Waals surface area (Å²) in [5.74, 6) is 2.01. The van der Waals surface area contributed by atoms with Crippen LogP contribution in [0.3, 0.4) is 0 Å². The van der Waals surface area contributed by atoms with Gasteiger partial charge in [-0.15, -0.1) is 0 Å². The van der Waals surface area contributed by atoms with Gasteiger partial charge in [0.15, 0.2) is 5.82 Å². The Labute approximate surface area is 102 Å². The van der Waals surface area contributed by atoms with E-state index in [0.29, 0.717) is 31.4 Å². The molecule has 1 aromatic rings. The summed E-state index contributed by atoms with van der Waals surface area (Å²) < 4.78 is 10.7. The van der Waals surface area contributed by atoms with Crippen LogP contribution in [-0.2, 0) is 11.2 Å². The maximum Gasteiger partial charge on any atom is 0.229 e.